The second kappa shape index (κ2) is 29.5. The first kappa shape index (κ1) is 82.8. The van der Waals surface area contributed by atoms with E-state index < -0.39 is 10.8 Å². The maximum atomic E-state index is 13.9. The van der Waals surface area contributed by atoms with Crippen molar-refractivity contribution in [1.82, 2.24) is 0 Å². The van der Waals surface area contributed by atoms with E-state index in [1.54, 1.807) is 0 Å². The van der Waals surface area contributed by atoms with Gasteiger partial charge >= 0.3 is 35.8 Å². The number of hydrogen-bond donors (Lipinski definition) is 0. The molecule has 0 spiro atoms. The highest BCUT2D eigenvalue weighted by Gasteiger charge is 2.72. The van der Waals surface area contributed by atoms with Gasteiger partial charge in [0.2, 0.25) is 0 Å². The van der Waals surface area contributed by atoms with E-state index in [1.807, 2.05) is 34.6 Å². The lowest BCUT2D eigenvalue weighted by Gasteiger charge is -2.60. The first-order valence-corrected chi connectivity index (χ1v) is 44.1. The van der Waals surface area contributed by atoms with Crippen LogP contribution >= 0.6 is 0 Å². The van der Waals surface area contributed by atoms with E-state index in [4.69, 9.17) is 28.4 Å². The van der Waals surface area contributed by atoms with E-state index in [-0.39, 0.29) is 139 Å². The molecule has 0 saturated heterocycles. The van der Waals surface area contributed by atoms with Crippen LogP contribution in [0.4, 0.5) is 0 Å². The fourth-order valence-electron chi connectivity index (χ4n) is 33.4. The Balaban J connectivity index is 0.000000139. The lowest BCUT2D eigenvalue weighted by atomic mass is 9.49. The van der Waals surface area contributed by atoms with Crippen LogP contribution in [0.5, 0.6) is 0 Å². The Morgan fingerprint density at radius 1 is 0.333 bits per heavy atom. The molecule has 25 unspecified atom stereocenters. The van der Waals surface area contributed by atoms with Crippen LogP contribution in [0.3, 0.4) is 0 Å². The molecule has 0 aromatic carbocycles. The van der Waals surface area contributed by atoms with Crippen LogP contribution < -0.4 is 0 Å². The summed E-state index contributed by atoms with van der Waals surface area (Å²) in [4.78, 5) is 79.6. The van der Waals surface area contributed by atoms with Crippen LogP contribution in [-0.2, 0) is 57.2 Å². The van der Waals surface area contributed by atoms with Crippen molar-refractivity contribution in [1.29, 1.82) is 0 Å². The quantitative estimate of drug-likeness (QED) is 0.0819. The normalized spacial score (nSPS) is 51.0. The summed E-state index contributed by atoms with van der Waals surface area (Å²) >= 11 is 0. The van der Waals surface area contributed by atoms with Gasteiger partial charge in [0.1, 0.15) is 35.1 Å². The van der Waals surface area contributed by atoms with Crippen LogP contribution in [0.15, 0.2) is 0 Å². The Morgan fingerprint density at radius 2 is 0.602 bits per heavy atom. The van der Waals surface area contributed by atoms with Crippen molar-refractivity contribution in [3.05, 3.63) is 0 Å². The molecular formula is C96H156O12. The molecule has 24 saturated carbocycles. The fraction of sp³-hybridized carbons (Fsp3) is 0.938. The minimum absolute atomic E-state index is 0. The van der Waals surface area contributed by atoms with Crippen molar-refractivity contribution in [3.8, 4) is 0 Å². The van der Waals surface area contributed by atoms with Crippen LogP contribution in [0.25, 0.3) is 0 Å². The summed E-state index contributed by atoms with van der Waals surface area (Å²) in [7, 11) is 0. The molecule has 25 atom stereocenters. The Hall–Kier alpha value is -3.18. The molecule has 12 nitrogen and oxygen atoms in total. The van der Waals surface area contributed by atoms with Gasteiger partial charge in [-0.1, -0.05) is 79.2 Å². The van der Waals surface area contributed by atoms with Crippen LogP contribution in [0, 0.1) is 212 Å². The van der Waals surface area contributed by atoms with Gasteiger partial charge in [0.25, 0.3) is 0 Å². The fourth-order valence-corrected chi connectivity index (χ4v) is 33.4. The van der Waals surface area contributed by atoms with E-state index in [0.29, 0.717) is 124 Å². The molecule has 0 aromatic rings. The Morgan fingerprint density at radius 3 is 0.889 bits per heavy atom. The number of rotatable bonds is 16. The molecule has 0 aliphatic heterocycles. The van der Waals surface area contributed by atoms with Crippen molar-refractivity contribution in [3.63, 3.8) is 0 Å². The van der Waals surface area contributed by atoms with Gasteiger partial charge < -0.3 is 28.4 Å². The highest BCUT2D eigenvalue weighted by molar-refractivity contribution is 5.78. The van der Waals surface area contributed by atoms with Gasteiger partial charge in [-0.3, -0.25) is 28.8 Å². The highest BCUT2D eigenvalue weighted by Crippen LogP contribution is 2.74. The molecule has 108 heavy (non-hydrogen) atoms. The van der Waals surface area contributed by atoms with Crippen molar-refractivity contribution in [2.75, 3.05) is 0 Å². The van der Waals surface area contributed by atoms with Gasteiger partial charge in [-0.25, -0.2) is 0 Å². The summed E-state index contributed by atoms with van der Waals surface area (Å²) < 4.78 is 38.3. The molecule has 0 amide bonds. The molecule has 612 valence electrons. The average Bonchev–Trinajstić information content (AvgIpc) is 1.59. The maximum absolute atomic E-state index is 13.9. The van der Waals surface area contributed by atoms with E-state index in [9.17, 15) is 28.8 Å². The second-order valence-electron chi connectivity index (χ2n) is 43.2. The van der Waals surface area contributed by atoms with Crippen molar-refractivity contribution in [2.24, 2.45) is 212 Å². The molecule has 0 radical (unpaired) electrons. The molecule has 0 N–H and O–H groups in total. The van der Waals surface area contributed by atoms with Gasteiger partial charge in [0, 0.05) is 0 Å². The number of hydrogen-bond acceptors (Lipinski definition) is 12. The number of fused-ring (bicyclic) bond motifs is 27. The van der Waals surface area contributed by atoms with Crippen molar-refractivity contribution in [2.45, 2.75) is 355 Å². The van der Waals surface area contributed by atoms with Crippen LogP contribution in [0.2, 0.25) is 0 Å². The molecule has 24 aliphatic carbocycles. The molecule has 12 heteroatoms. The van der Waals surface area contributed by atoms with Crippen molar-refractivity contribution >= 4 is 35.8 Å². The third-order valence-corrected chi connectivity index (χ3v) is 38.4. The molecular weight excluding hydrogens is 1350 g/mol. The van der Waals surface area contributed by atoms with E-state index >= 15 is 0 Å². The van der Waals surface area contributed by atoms with Gasteiger partial charge in [-0.15, -0.1) is 0 Å². The lowest BCUT2D eigenvalue weighted by Crippen LogP contribution is -2.60. The summed E-state index contributed by atoms with van der Waals surface area (Å²) in [5.41, 5.74) is -1.42. The monoisotopic (exact) mass is 1500 g/mol. The third kappa shape index (κ3) is 12.6. The van der Waals surface area contributed by atoms with Crippen LogP contribution in [-0.4, -0.2) is 70.9 Å². The molecule has 0 aromatic heterocycles. The number of carbonyl (C=O) groups is 6. The van der Waals surface area contributed by atoms with E-state index in [0.717, 1.165) is 117 Å². The largest absolute Gasteiger partial charge is 0.462 e. The number of ether oxygens (including phenoxy) is 6. The zero-order valence-electron chi connectivity index (χ0n) is 64.7. The standard InChI is InChI=1S/C31H46O4.C30H44O4.C29H42O4.6CH4/c1-5-30(3,4)29(33)34-25-15-19-14-24(25)27-22-12-18(26(19)27)13-23(22)28(32)35-31(6-2)20-8-16-7-17(10-20)11-21(31)9-16;1-5-29(2,3)28(32)33-24-14-18-13-23(24)26-21-11-17(25(18)26)12-22(21)27(31)34-30(4)19-7-15-6-16(9-19)10-20(30)8-15;1-4-14(2)27(30)32-24-13-18-12-23(24)26-21-10-17(25(18)26)11-22(21)28(31)33-29(3)19-6-15-5-16(8-19)9-20(29)7-15;;;;;;/h16-27H,5-15H2,1-4H3;15-26H,5-14H2,1-4H3;14-26H,4-13H2,1-3H3;6*1H4. The van der Waals surface area contributed by atoms with Crippen molar-refractivity contribution < 1.29 is 57.2 Å². The minimum Gasteiger partial charge on any atom is -0.462 e. The minimum atomic E-state index is -0.407. The zero-order valence-corrected chi connectivity index (χ0v) is 64.7. The number of carbonyl (C=O) groups excluding carboxylic acids is 6. The van der Waals surface area contributed by atoms with Gasteiger partial charge in [0.05, 0.1) is 34.5 Å². The predicted octanol–water partition coefficient (Wildman–Crippen LogP) is 21.9. The summed E-state index contributed by atoms with van der Waals surface area (Å²) in [5, 5.41) is 0. The molecule has 24 bridgehead atoms. The van der Waals surface area contributed by atoms with E-state index in [2.05, 4.69) is 41.5 Å². The first-order valence-electron chi connectivity index (χ1n) is 44.1. The summed E-state index contributed by atoms with van der Waals surface area (Å²) in [6.07, 6.45) is 37.0. The smallest absolute Gasteiger partial charge is 0.311 e. The highest BCUT2D eigenvalue weighted by atomic mass is 16.6. The first-order chi connectivity index (χ1) is 48.8. The molecule has 24 rings (SSSR count). The molecule has 24 aliphatic rings. The number of esters is 6. The average molecular weight is 1500 g/mol. The van der Waals surface area contributed by atoms with Gasteiger partial charge in [-0.05, 0) is 418 Å². The summed E-state index contributed by atoms with van der Waals surface area (Å²) in [5.74, 6) is 20.6. The Bertz CT molecular complexity index is 3240. The van der Waals surface area contributed by atoms with Gasteiger partial charge in [0.15, 0.2) is 0 Å². The summed E-state index contributed by atoms with van der Waals surface area (Å²) in [6, 6.07) is 0. The SMILES string of the molecule is C.C.C.C.C.C.CCC(C)(C)C(=O)OC1CC2CC1C1C3CC(CC3C(=O)OC3(C)C4CC5CC(C4)CC3C5)C21.CCC(C)(C)C(=O)OC1CC2CC1C1C3CC(CC3C(=O)OC3(CC)C4CC5CC(C4)CC3C5)C21.CCC(C)C(=O)OC1CC2CC1C1C3CC(CC3C(=O)OC3(C)C4CC5CC(C4)CC3C5)C21. The maximum Gasteiger partial charge on any atom is 0.311 e. The molecule has 0 heterocycles. The Labute approximate surface area is 656 Å². The topological polar surface area (TPSA) is 158 Å². The lowest BCUT2D eigenvalue weighted by molar-refractivity contribution is -0.217. The van der Waals surface area contributed by atoms with Gasteiger partial charge in [-0.2, -0.15) is 0 Å². The molecule has 24 fully saturated rings. The van der Waals surface area contributed by atoms with E-state index in [1.165, 1.54) is 135 Å². The summed E-state index contributed by atoms with van der Waals surface area (Å²) in [6.45, 7) is 23.0. The van der Waals surface area contributed by atoms with Crippen LogP contribution in [0.1, 0.15) is 320 Å². The second-order valence-corrected chi connectivity index (χ2v) is 43.2. The third-order valence-electron chi connectivity index (χ3n) is 38.4. The predicted molar refractivity (Wildman–Crippen MR) is 426 cm³/mol. The Kier molecular flexibility index (Phi) is 22.6. The zero-order chi connectivity index (χ0) is 70.5.